The van der Waals surface area contributed by atoms with Gasteiger partial charge in [0.1, 0.15) is 5.82 Å². The number of benzene rings is 1. The maximum atomic E-state index is 13.1. The van der Waals surface area contributed by atoms with Gasteiger partial charge in [0.25, 0.3) is 0 Å². The molecule has 0 saturated heterocycles. The van der Waals surface area contributed by atoms with Gasteiger partial charge in [0.2, 0.25) is 5.91 Å². The molecule has 1 amide bonds. The monoisotopic (exact) mass is 365 g/mol. The molecule has 0 bridgehead atoms. The van der Waals surface area contributed by atoms with Crippen LogP contribution in [0.4, 0.5) is 14.6 Å². The second-order valence-corrected chi connectivity index (χ2v) is 6.95. The van der Waals surface area contributed by atoms with Crippen LogP contribution in [0.5, 0.6) is 0 Å². The molecule has 3 aromatic rings. The van der Waals surface area contributed by atoms with Gasteiger partial charge in [-0.05, 0) is 29.6 Å². The Morgan fingerprint density at radius 1 is 1.25 bits per heavy atom. The maximum absolute atomic E-state index is 13.1. The van der Waals surface area contributed by atoms with Gasteiger partial charge in [-0.1, -0.05) is 6.07 Å². The Morgan fingerprint density at radius 2 is 2.12 bits per heavy atom. The third kappa shape index (κ3) is 4.21. The highest BCUT2D eigenvalue weighted by molar-refractivity contribution is 8.00. The van der Waals surface area contributed by atoms with Crippen molar-refractivity contribution in [3.8, 4) is 0 Å². The first-order chi connectivity index (χ1) is 11.6. The predicted molar refractivity (Wildman–Crippen MR) is 91.4 cm³/mol. The molecule has 0 unspecified atom stereocenters. The summed E-state index contributed by atoms with van der Waals surface area (Å²) in [6.45, 7) is 0.580. The standard InChI is InChI=1S/C16H13F2N3OS2/c17-13-4-3-11(8-14(13)18)24-10-16(22)20-15-5-6-19-21(15)9-12-2-1-7-23-12/h1-8H,9-10H2,(H,20,22). The highest BCUT2D eigenvalue weighted by atomic mass is 32.2. The van der Waals surface area contributed by atoms with Crippen LogP contribution in [0, 0.1) is 11.6 Å². The summed E-state index contributed by atoms with van der Waals surface area (Å²) in [6, 6.07) is 9.24. The first kappa shape index (κ1) is 16.7. The summed E-state index contributed by atoms with van der Waals surface area (Å²) >= 11 is 2.75. The first-order valence-corrected chi connectivity index (χ1v) is 8.90. The molecule has 0 atom stereocenters. The van der Waals surface area contributed by atoms with Crippen LogP contribution in [0.1, 0.15) is 4.88 Å². The van der Waals surface area contributed by atoms with Gasteiger partial charge in [-0.2, -0.15) is 5.10 Å². The molecule has 1 aromatic carbocycles. The minimum atomic E-state index is -0.922. The van der Waals surface area contributed by atoms with E-state index in [9.17, 15) is 13.6 Å². The second-order valence-electron chi connectivity index (χ2n) is 4.87. The number of carbonyl (C=O) groups excluding carboxylic acids is 1. The van der Waals surface area contributed by atoms with Gasteiger partial charge in [-0.25, -0.2) is 13.5 Å². The van der Waals surface area contributed by atoms with Crippen molar-refractivity contribution in [2.24, 2.45) is 0 Å². The quantitative estimate of drug-likeness (QED) is 0.672. The Hall–Kier alpha value is -2.19. The molecule has 2 heterocycles. The van der Waals surface area contributed by atoms with Gasteiger partial charge < -0.3 is 5.32 Å². The molecule has 124 valence electrons. The lowest BCUT2D eigenvalue weighted by molar-refractivity contribution is -0.113. The van der Waals surface area contributed by atoms with Gasteiger partial charge >= 0.3 is 0 Å². The van der Waals surface area contributed by atoms with E-state index in [0.29, 0.717) is 17.3 Å². The van der Waals surface area contributed by atoms with Crippen LogP contribution in [0.2, 0.25) is 0 Å². The van der Waals surface area contributed by atoms with Crippen LogP contribution in [0.15, 0.2) is 52.9 Å². The molecule has 0 aliphatic rings. The smallest absolute Gasteiger partial charge is 0.235 e. The molecule has 0 radical (unpaired) electrons. The number of nitrogens with one attached hydrogen (secondary N) is 1. The van der Waals surface area contributed by atoms with Crippen molar-refractivity contribution in [2.45, 2.75) is 11.4 Å². The summed E-state index contributed by atoms with van der Waals surface area (Å²) in [6.07, 6.45) is 1.62. The molecule has 0 spiro atoms. The van der Waals surface area contributed by atoms with Crippen molar-refractivity contribution in [3.05, 3.63) is 64.5 Å². The number of nitrogens with zero attached hydrogens (tertiary/aromatic N) is 2. The van der Waals surface area contributed by atoms with Gasteiger partial charge in [0.05, 0.1) is 18.5 Å². The Kier molecular flexibility index (Phi) is 5.27. The van der Waals surface area contributed by atoms with Crippen molar-refractivity contribution < 1.29 is 13.6 Å². The zero-order chi connectivity index (χ0) is 16.9. The normalized spacial score (nSPS) is 10.8. The number of rotatable bonds is 6. The lowest BCUT2D eigenvalue weighted by atomic mass is 10.3. The molecule has 0 fully saturated rings. The summed E-state index contributed by atoms with van der Waals surface area (Å²) in [5.74, 6) is -1.37. The average molecular weight is 365 g/mol. The van der Waals surface area contributed by atoms with E-state index in [1.807, 2.05) is 17.5 Å². The topological polar surface area (TPSA) is 46.9 Å². The Bertz CT molecular complexity index is 834. The molecule has 8 heteroatoms. The van der Waals surface area contributed by atoms with Gasteiger partial charge in [0.15, 0.2) is 11.6 Å². The van der Waals surface area contributed by atoms with E-state index in [1.54, 1.807) is 28.3 Å². The van der Waals surface area contributed by atoms with Crippen LogP contribution < -0.4 is 5.32 Å². The minimum absolute atomic E-state index is 0.0925. The van der Waals surface area contributed by atoms with E-state index in [4.69, 9.17) is 0 Å². The van der Waals surface area contributed by atoms with Crippen LogP contribution in [-0.2, 0) is 11.3 Å². The van der Waals surface area contributed by atoms with Gasteiger partial charge in [-0.15, -0.1) is 23.1 Å². The molecule has 0 saturated carbocycles. The van der Waals surface area contributed by atoms with Crippen molar-refractivity contribution in [1.82, 2.24) is 9.78 Å². The number of thioether (sulfide) groups is 1. The van der Waals surface area contributed by atoms with Crippen molar-refractivity contribution in [3.63, 3.8) is 0 Å². The van der Waals surface area contributed by atoms with Crippen molar-refractivity contribution in [2.75, 3.05) is 11.1 Å². The highest BCUT2D eigenvalue weighted by Crippen LogP contribution is 2.21. The molecule has 0 aliphatic carbocycles. The lowest BCUT2D eigenvalue weighted by Crippen LogP contribution is -2.17. The van der Waals surface area contributed by atoms with E-state index in [0.717, 1.165) is 28.8 Å². The summed E-state index contributed by atoms with van der Waals surface area (Å²) in [4.78, 5) is 13.7. The average Bonchev–Trinajstić information content (AvgIpc) is 3.22. The second kappa shape index (κ2) is 7.59. The number of thiophene rings is 1. The molecule has 1 N–H and O–H groups in total. The Morgan fingerprint density at radius 3 is 2.88 bits per heavy atom. The number of hydrogen-bond donors (Lipinski definition) is 1. The summed E-state index contributed by atoms with van der Waals surface area (Å²) < 4.78 is 27.7. The van der Waals surface area contributed by atoms with E-state index >= 15 is 0 Å². The fourth-order valence-corrected chi connectivity index (χ4v) is 3.42. The first-order valence-electron chi connectivity index (χ1n) is 7.04. The molecule has 24 heavy (non-hydrogen) atoms. The number of amides is 1. The van der Waals surface area contributed by atoms with Gasteiger partial charge in [0, 0.05) is 15.8 Å². The number of carbonyl (C=O) groups is 1. The minimum Gasteiger partial charge on any atom is -0.310 e. The maximum Gasteiger partial charge on any atom is 0.235 e. The van der Waals surface area contributed by atoms with Crippen LogP contribution in [0.3, 0.4) is 0 Å². The summed E-state index contributed by atoms with van der Waals surface area (Å²) in [5.41, 5.74) is 0. The predicted octanol–water partition coefficient (Wildman–Crippen LogP) is 4.00. The van der Waals surface area contributed by atoms with E-state index < -0.39 is 11.6 Å². The summed E-state index contributed by atoms with van der Waals surface area (Å²) in [5, 5.41) is 8.95. The number of anilines is 1. The molecule has 3 rings (SSSR count). The third-order valence-electron chi connectivity index (χ3n) is 3.13. The lowest BCUT2D eigenvalue weighted by Gasteiger charge is -2.08. The fourth-order valence-electron chi connectivity index (χ4n) is 2.01. The van der Waals surface area contributed by atoms with Crippen LogP contribution in [0.25, 0.3) is 0 Å². The van der Waals surface area contributed by atoms with Gasteiger partial charge in [-0.3, -0.25) is 4.79 Å². The highest BCUT2D eigenvalue weighted by Gasteiger charge is 2.10. The SMILES string of the molecule is O=C(CSc1ccc(F)c(F)c1)Nc1ccnn1Cc1cccs1. The van der Waals surface area contributed by atoms with E-state index in [2.05, 4.69) is 10.4 Å². The largest absolute Gasteiger partial charge is 0.310 e. The number of aromatic nitrogens is 2. The number of hydrogen-bond acceptors (Lipinski definition) is 4. The van der Waals surface area contributed by atoms with Crippen LogP contribution in [-0.4, -0.2) is 21.4 Å². The van der Waals surface area contributed by atoms with E-state index in [1.165, 1.54) is 6.07 Å². The van der Waals surface area contributed by atoms with Crippen molar-refractivity contribution >= 4 is 34.8 Å². The molecular formula is C16H13F2N3OS2. The molecule has 4 nitrogen and oxygen atoms in total. The van der Waals surface area contributed by atoms with E-state index in [-0.39, 0.29) is 11.7 Å². The zero-order valence-electron chi connectivity index (χ0n) is 12.4. The number of halogens is 2. The Balaban J connectivity index is 1.57. The third-order valence-corrected chi connectivity index (χ3v) is 4.99. The Labute approximate surface area is 145 Å². The molecule has 2 aromatic heterocycles. The van der Waals surface area contributed by atoms with Crippen molar-refractivity contribution in [1.29, 1.82) is 0 Å². The van der Waals surface area contributed by atoms with Crippen LogP contribution >= 0.6 is 23.1 Å². The fraction of sp³-hybridized carbons (Fsp3) is 0.125. The zero-order valence-corrected chi connectivity index (χ0v) is 14.0. The summed E-state index contributed by atoms with van der Waals surface area (Å²) in [7, 11) is 0. The molecule has 0 aliphatic heterocycles. The molecular weight excluding hydrogens is 352 g/mol.